The van der Waals surface area contributed by atoms with E-state index in [1.165, 1.54) is 16.8 Å². The summed E-state index contributed by atoms with van der Waals surface area (Å²) in [4.78, 5) is 22.4. The highest BCUT2D eigenvalue weighted by molar-refractivity contribution is 6.33. The van der Waals surface area contributed by atoms with Gasteiger partial charge in [-0.2, -0.15) is 5.10 Å². The van der Waals surface area contributed by atoms with Crippen molar-refractivity contribution >= 4 is 35.0 Å². The number of rotatable bonds is 4. The Hall–Kier alpha value is -2.54. The van der Waals surface area contributed by atoms with E-state index in [9.17, 15) is 9.59 Å². The minimum atomic E-state index is -1.11. The number of carbonyl (C=O) groups excluding carboxylic acids is 1. The van der Waals surface area contributed by atoms with Crippen molar-refractivity contribution in [2.45, 2.75) is 6.92 Å². The zero-order chi connectivity index (χ0) is 15.7. The number of halogens is 1. The molecule has 0 saturated heterocycles. The summed E-state index contributed by atoms with van der Waals surface area (Å²) in [7, 11) is 1.66. The van der Waals surface area contributed by atoms with Crippen molar-refractivity contribution in [3.8, 4) is 0 Å². The molecule has 21 heavy (non-hydrogen) atoms. The fraction of sp³-hybridized carbons (Fsp3) is 0.154. The first-order chi connectivity index (χ1) is 9.81. The molecule has 4 N–H and O–H groups in total. The van der Waals surface area contributed by atoms with Crippen molar-refractivity contribution in [2.24, 2.45) is 12.8 Å². The first kappa shape index (κ1) is 14.9. The summed E-state index contributed by atoms with van der Waals surface area (Å²) in [6.07, 6.45) is 0. The zero-order valence-electron chi connectivity index (χ0n) is 11.3. The summed E-state index contributed by atoms with van der Waals surface area (Å²) >= 11 is 5.90. The van der Waals surface area contributed by atoms with Gasteiger partial charge in [0.25, 0.3) is 5.91 Å². The molecular formula is C13H13ClN4O3. The Morgan fingerprint density at radius 3 is 2.62 bits per heavy atom. The Morgan fingerprint density at radius 1 is 1.43 bits per heavy atom. The molecule has 0 saturated carbocycles. The Bertz CT molecular complexity index is 739. The molecule has 1 heterocycles. The molecule has 7 nitrogen and oxygen atoms in total. The van der Waals surface area contributed by atoms with Crippen molar-refractivity contribution in [1.29, 1.82) is 0 Å². The third kappa shape index (κ3) is 2.82. The highest BCUT2D eigenvalue weighted by atomic mass is 35.5. The van der Waals surface area contributed by atoms with Gasteiger partial charge in [-0.05, 0) is 25.1 Å². The molecule has 0 aliphatic heterocycles. The van der Waals surface area contributed by atoms with E-state index in [0.29, 0.717) is 17.2 Å². The summed E-state index contributed by atoms with van der Waals surface area (Å²) in [5, 5.41) is 16.1. The average Bonchev–Trinajstić information content (AvgIpc) is 2.63. The molecule has 0 spiro atoms. The molecule has 1 aromatic heterocycles. The number of aromatic carboxylic acids is 1. The maximum atomic E-state index is 11.5. The van der Waals surface area contributed by atoms with Crippen LogP contribution < -0.4 is 11.1 Å². The Labute approximate surface area is 125 Å². The number of hydrogen-bond donors (Lipinski definition) is 3. The normalized spacial score (nSPS) is 10.4. The molecule has 2 aromatic rings. The number of aromatic nitrogens is 2. The highest BCUT2D eigenvalue weighted by Crippen LogP contribution is 2.26. The lowest BCUT2D eigenvalue weighted by molar-refractivity contribution is 0.0697. The number of aryl methyl sites for hydroxylation is 2. The first-order valence-electron chi connectivity index (χ1n) is 5.94. The lowest BCUT2D eigenvalue weighted by atomic mass is 10.2. The largest absolute Gasteiger partial charge is 0.478 e. The van der Waals surface area contributed by atoms with Gasteiger partial charge in [0.05, 0.1) is 16.3 Å². The molecule has 1 amide bonds. The predicted molar refractivity (Wildman–Crippen MR) is 78.2 cm³/mol. The van der Waals surface area contributed by atoms with Crippen molar-refractivity contribution in [3.05, 3.63) is 40.0 Å². The minimum absolute atomic E-state index is 0.00136. The van der Waals surface area contributed by atoms with Crippen LogP contribution in [0.15, 0.2) is 18.2 Å². The van der Waals surface area contributed by atoms with E-state index in [1.807, 2.05) is 0 Å². The number of primary amides is 1. The van der Waals surface area contributed by atoms with E-state index in [2.05, 4.69) is 10.4 Å². The summed E-state index contributed by atoms with van der Waals surface area (Å²) in [6, 6.07) is 4.38. The van der Waals surface area contributed by atoms with E-state index >= 15 is 0 Å². The second-order valence-electron chi connectivity index (χ2n) is 4.42. The lowest BCUT2D eigenvalue weighted by Gasteiger charge is -2.09. The van der Waals surface area contributed by atoms with Crippen LogP contribution in [0.1, 0.15) is 26.4 Å². The molecule has 0 fully saturated rings. The SMILES string of the molecule is Cc1nn(C)c(Nc2ccc(C(=O)O)c(Cl)c2)c1C(N)=O. The van der Waals surface area contributed by atoms with Gasteiger partial charge >= 0.3 is 5.97 Å². The molecule has 0 bridgehead atoms. The predicted octanol–water partition coefficient (Wildman–Crippen LogP) is 1.92. The third-order valence-corrected chi connectivity index (χ3v) is 3.24. The van der Waals surface area contributed by atoms with Crippen LogP contribution in [0.3, 0.4) is 0 Å². The molecular weight excluding hydrogens is 296 g/mol. The Balaban J connectivity index is 2.41. The molecule has 0 atom stereocenters. The third-order valence-electron chi connectivity index (χ3n) is 2.93. The molecule has 0 aliphatic rings. The number of nitrogens with zero attached hydrogens (tertiary/aromatic N) is 2. The fourth-order valence-corrected chi connectivity index (χ4v) is 2.26. The number of nitrogens with two attached hydrogens (primary N) is 1. The van der Waals surface area contributed by atoms with Crippen LogP contribution in [0.4, 0.5) is 11.5 Å². The number of benzene rings is 1. The van der Waals surface area contributed by atoms with Gasteiger partial charge in [0.1, 0.15) is 11.4 Å². The second kappa shape index (κ2) is 5.45. The topological polar surface area (TPSA) is 110 Å². The van der Waals surface area contributed by atoms with Crippen LogP contribution in [-0.4, -0.2) is 26.8 Å². The molecule has 0 radical (unpaired) electrons. The van der Waals surface area contributed by atoms with Crippen molar-refractivity contribution in [2.75, 3.05) is 5.32 Å². The molecule has 0 aliphatic carbocycles. The van der Waals surface area contributed by atoms with Crippen LogP contribution >= 0.6 is 11.6 Å². The van der Waals surface area contributed by atoms with Gasteiger partial charge in [-0.3, -0.25) is 9.48 Å². The van der Waals surface area contributed by atoms with Crippen LogP contribution in [0.2, 0.25) is 5.02 Å². The fourth-order valence-electron chi connectivity index (χ4n) is 2.00. The number of anilines is 2. The first-order valence-corrected chi connectivity index (χ1v) is 6.32. The van der Waals surface area contributed by atoms with E-state index < -0.39 is 11.9 Å². The number of amides is 1. The summed E-state index contributed by atoms with van der Waals surface area (Å²) in [6.45, 7) is 1.67. The zero-order valence-corrected chi connectivity index (χ0v) is 12.1. The van der Waals surface area contributed by atoms with Gasteiger partial charge in [0.2, 0.25) is 0 Å². The standard InChI is InChI=1S/C13H13ClN4O3/c1-6-10(11(15)19)12(18(2)17-6)16-7-3-4-8(13(20)21)9(14)5-7/h3-5,16H,1-2H3,(H2,15,19)(H,20,21). The van der Waals surface area contributed by atoms with Crippen LogP contribution in [0.25, 0.3) is 0 Å². The molecule has 1 aromatic carbocycles. The van der Waals surface area contributed by atoms with Crippen molar-refractivity contribution in [1.82, 2.24) is 9.78 Å². The number of hydrogen-bond acceptors (Lipinski definition) is 4. The lowest BCUT2D eigenvalue weighted by Crippen LogP contribution is -2.14. The monoisotopic (exact) mass is 308 g/mol. The van der Waals surface area contributed by atoms with Crippen molar-refractivity contribution in [3.63, 3.8) is 0 Å². The second-order valence-corrected chi connectivity index (χ2v) is 4.83. The molecule has 110 valence electrons. The average molecular weight is 309 g/mol. The van der Waals surface area contributed by atoms with Gasteiger partial charge in [-0.1, -0.05) is 11.6 Å². The van der Waals surface area contributed by atoms with Gasteiger partial charge in [-0.25, -0.2) is 4.79 Å². The quantitative estimate of drug-likeness (QED) is 0.799. The summed E-state index contributed by atoms with van der Waals surface area (Å²) in [5.74, 6) is -1.30. The number of nitrogens with one attached hydrogen (secondary N) is 1. The maximum Gasteiger partial charge on any atom is 0.337 e. The van der Waals surface area contributed by atoms with E-state index in [4.69, 9.17) is 22.4 Å². The number of carbonyl (C=O) groups is 2. The Morgan fingerprint density at radius 2 is 2.10 bits per heavy atom. The van der Waals surface area contributed by atoms with Gasteiger partial charge in [0, 0.05) is 12.7 Å². The van der Waals surface area contributed by atoms with E-state index in [-0.39, 0.29) is 16.1 Å². The van der Waals surface area contributed by atoms with Crippen LogP contribution in [0.5, 0.6) is 0 Å². The van der Waals surface area contributed by atoms with Gasteiger partial charge in [0.15, 0.2) is 0 Å². The number of carboxylic acid groups (broad SMARTS) is 1. The minimum Gasteiger partial charge on any atom is -0.478 e. The molecule has 2 rings (SSSR count). The highest BCUT2D eigenvalue weighted by Gasteiger charge is 2.18. The number of carboxylic acids is 1. The maximum absolute atomic E-state index is 11.5. The van der Waals surface area contributed by atoms with Crippen molar-refractivity contribution < 1.29 is 14.7 Å². The molecule has 8 heteroatoms. The molecule has 0 unspecified atom stereocenters. The summed E-state index contributed by atoms with van der Waals surface area (Å²) in [5.41, 5.74) is 6.64. The Kier molecular flexibility index (Phi) is 3.86. The smallest absolute Gasteiger partial charge is 0.337 e. The van der Waals surface area contributed by atoms with E-state index in [1.54, 1.807) is 20.0 Å². The van der Waals surface area contributed by atoms with Gasteiger partial charge in [-0.15, -0.1) is 0 Å². The van der Waals surface area contributed by atoms with Gasteiger partial charge < -0.3 is 16.2 Å². The van der Waals surface area contributed by atoms with E-state index in [0.717, 1.165) is 0 Å². The van der Waals surface area contributed by atoms with Crippen LogP contribution in [0, 0.1) is 6.92 Å². The van der Waals surface area contributed by atoms with Crippen LogP contribution in [-0.2, 0) is 7.05 Å². The summed E-state index contributed by atoms with van der Waals surface area (Å²) < 4.78 is 1.48.